The molecule has 0 amide bonds. The van der Waals surface area contributed by atoms with E-state index in [1.54, 1.807) is 0 Å². The molecule has 3 rings (SSSR count). The van der Waals surface area contributed by atoms with Crippen LogP contribution in [0, 0.1) is 6.92 Å². The van der Waals surface area contributed by atoms with Crippen LogP contribution in [0.1, 0.15) is 29.0 Å². The van der Waals surface area contributed by atoms with E-state index in [9.17, 15) is 0 Å². The number of benzene rings is 2. The third-order valence-electron chi connectivity index (χ3n) is 3.78. The average Bonchev–Trinajstić information content (AvgIpc) is 2.83. The topological polar surface area (TPSA) is 12.0 Å². The molecule has 0 saturated carbocycles. The Morgan fingerprint density at radius 2 is 1.95 bits per heavy atom. The zero-order valence-corrected chi connectivity index (χ0v) is 14.6. The summed E-state index contributed by atoms with van der Waals surface area (Å²) in [5.41, 5.74) is 2.71. The maximum absolute atomic E-state index is 3.63. The van der Waals surface area contributed by atoms with Gasteiger partial charge >= 0.3 is 0 Å². The van der Waals surface area contributed by atoms with E-state index in [0.29, 0.717) is 6.04 Å². The first-order valence-corrected chi connectivity index (χ1v) is 8.72. The molecule has 0 saturated heterocycles. The molecule has 1 aromatic heterocycles. The highest BCUT2D eigenvalue weighted by molar-refractivity contribution is 9.10. The third kappa shape index (κ3) is 3.20. The molecule has 2 aromatic carbocycles. The first-order valence-electron chi connectivity index (χ1n) is 7.11. The fourth-order valence-electron chi connectivity index (χ4n) is 2.62. The molecule has 21 heavy (non-hydrogen) atoms. The highest BCUT2D eigenvalue weighted by Gasteiger charge is 2.13. The van der Waals surface area contributed by atoms with E-state index in [2.05, 4.69) is 83.6 Å². The number of halogens is 1. The van der Waals surface area contributed by atoms with E-state index >= 15 is 0 Å². The van der Waals surface area contributed by atoms with E-state index in [1.165, 1.54) is 26.1 Å². The second-order valence-corrected chi connectivity index (χ2v) is 7.32. The van der Waals surface area contributed by atoms with Crippen molar-refractivity contribution in [3.63, 3.8) is 0 Å². The van der Waals surface area contributed by atoms with Gasteiger partial charge in [0.25, 0.3) is 0 Å². The fraction of sp³-hybridized carbons (Fsp3) is 0.222. The fourth-order valence-corrected chi connectivity index (χ4v) is 4.30. The first-order chi connectivity index (χ1) is 10.1. The van der Waals surface area contributed by atoms with E-state index in [1.807, 2.05) is 11.3 Å². The van der Waals surface area contributed by atoms with Crippen LogP contribution in [0.3, 0.4) is 0 Å². The lowest BCUT2D eigenvalue weighted by Gasteiger charge is -2.13. The van der Waals surface area contributed by atoms with Crippen LogP contribution in [0.5, 0.6) is 0 Å². The van der Waals surface area contributed by atoms with Gasteiger partial charge in [-0.05, 0) is 48.6 Å². The van der Waals surface area contributed by atoms with E-state index in [0.717, 1.165) is 11.0 Å². The van der Waals surface area contributed by atoms with Crippen molar-refractivity contribution < 1.29 is 0 Å². The van der Waals surface area contributed by atoms with Crippen molar-refractivity contribution in [1.82, 2.24) is 5.32 Å². The standard InChI is InChI=1S/C18H18BrNS/c1-12-16-8-3-4-9-17(16)21-18(12)13(2)20-11-14-6-5-7-15(19)10-14/h3-10,13,20H,11H2,1-2H3. The number of hydrogen-bond acceptors (Lipinski definition) is 2. The third-order valence-corrected chi connectivity index (χ3v) is 5.72. The Labute approximate surface area is 138 Å². The number of nitrogens with one attached hydrogen (secondary N) is 1. The summed E-state index contributed by atoms with van der Waals surface area (Å²) in [6.07, 6.45) is 0. The molecule has 0 aliphatic rings. The predicted octanol–water partition coefficient (Wildman–Crippen LogP) is 5.82. The van der Waals surface area contributed by atoms with Crippen LogP contribution in [-0.2, 0) is 6.54 Å². The lowest BCUT2D eigenvalue weighted by atomic mass is 10.1. The van der Waals surface area contributed by atoms with Gasteiger partial charge in [-0.25, -0.2) is 0 Å². The second-order valence-electron chi connectivity index (χ2n) is 5.32. The van der Waals surface area contributed by atoms with Gasteiger partial charge in [0.15, 0.2) is 0 Å². The maximum atomic E-state index is 3.63. The molecule has 0 aliphatic heterocycles. The van der Waals surface area contributed by atoms with Gasteiger partial charge in [0, 0.05) is 26.6 Å². The van der Waals surface area contributed by atoms with Gasteiger partial charge in [-0.3, -0.25) is 0 Å². The molecule has 1 unspecified atom stereocenters. The van der Waals surface area contributed by atoms with Gasteiger partial charge in [0.05, 0.1) is 0 Å². The van der Waals surface area contributed by atoms with Crippen LogP contribution in [0.25, 0.3) is 10.1 Å². The van der Waals surface area contributed by atoms with Crippen LogP contribution < -0.4 is 5.32 Å². The maximum Gasteiger partial charge on any atom is 0.0391 e. The molecule has 1 heterocycles. The number of thiophene rings is 1. The molecule has 1 atom stereocenters. The van der Waals surface area contributed by atoms with Crippen molar-refractivity contribution in [3.8, 4) is 0 Å². The first kappa shape index (κ1) is 14.8. The minimum atomic E-state index is 0.362. The van der Waals surface area contributed by atoms with Gasteiger partial charge in [-0.15, -0.1) is 11.3 Å². The van der Waals surface area contributed by atoms with Crippen molar-refractivity contribution in [1.29, 1.82) is 0 Å². The molecular formula is C18H18BrNS. The van der Waals surface area contributed by atoms with Crippen molar-refractivity contribution in [2.45, 2.75) is 26.4 Å². The summed E-state index contributed by atoms with van der Waals surface area (Å²) in [5, 5.41) is 5.02. The van der Waals surface area contributed by atoms with E-state index in [-0.39, 0.29) is 0 Å². The Bertz CT molecular complexity index is 763. The van der Waals surface area contributed by atoms with Crippen molar-refractivity contribution >= 4 is 37.4 Å². The quantitative estimate of drug-likeness (QED) is 0.618. The number of aryl methyl sites for hydroxylation is 1. The predicted molar refractivity (Wildman–Crippen MR) is 96.0 cm³/mol. The van der Waals surface area contributed by atoms with Crippen LogP contribution in [0.4, 0.5) is 0 Å². The molecule has 0 bridgehead atoms. The molecule has 3 heteroatoms. The van der Waals surface area contributed by atoms with Crippen LogP contribution in [-0.4, -0.2) is 0 Å². The molecule has 0 radical (unpaired) electrons. The monoisotopic (exact) mass is 359 g/mol. The SMILES string of the molecule is Cc1c(C(C)NCc2cccc(Br)c2)sc2ccccc12. The summed E-state index contributed by atoms with van der Waals surface area (Å²) < 4.78 is 2.51. The van der Waals surface area contributed by atoms with Gasteiger partial charge in [-0.2, -0.15) is 0 Å². The summed E-state index contributed by atoms with van der Waals surface area (Å²) in [6.45, 7) is 5.36. The molecular weight excluding hydrogens is 342 g/mol. The summed E-state index contributed by atoms with van der Waals surface area (Å²) in [4.78, 5) is 1.44. The average molecular weight is 360 g/mol. The van der Waals surface area contributed by atoms with Gasteiger partial charge in [0.1, 0.15) is 0 Å². The molecule has 3 aromatic rings. The van der Waals surface area contributed by atoms with Gasteiger partial charge in [0.2, 0.25) is 0 Å². The zero-order valence-electron chi connectivity index (χ0n) is 12.2. The summed E-state index contributed by atoms with van der Waals surface area (Å²) >= 11 is 5.42. The highest BCUT2D eigenvalue weighted by Crippen LogP contribution is 2.34. The Balaban J connectivity index is 1.78. The summed E-state index contributed by atoms with van der Waals surface area (Å²) in [6, 6.07) is 17.5. The normalized spacial score (nSPS) is 12.7. The Hall–Kier alpha value is -1.16. The van der Waals surface area contributed by atoms with Crippen LogP contribution in [0.2, 0.25) is 0 Å². The number of hydrogen-bond donors (Lipinski definition) is 1. The van der Waals surface area contributed by atoms with Crippen LogP contribution in [0.15, 0.2) is 53.0 Å². The minimum Gasteiger partial charge on any atom is -0.305 e. The van der Waals surface area contributed by atoms with Crippen molar-refractivity contribution in [3.05, 3.63) is 69.0 Å². The second kappa shape index (κ2) is 6.30. The van der Waals surface area contributed by atoms with Crippen LogP contribution >= 0.6 is 27.3 Å². The molecule has 1 nitrogen and oxygen atoms in total. The van der Waals surface area contributed by atoms with E-state index < -0.39 is 0 Å². The summed E-state index contributed by atoms with van der Waals surface area (Å²) in [5.74, 6) is 0. The number of rotatable bonds is 4. The Kier molecular flexibility index (Phi) is 4.43. The summed E-state index contributed by atoms with van der Waals surface area (Å²) in [7, 11) is 0. The lowest BCUT2D eigenvalue weighted by molar-refractivity contribution is 0.581. The molecule has 0 aliphatic carbocycles. The molecule has 1 N–H and O–H groups in total. The Morgan fingerprint density at radius 3 is 2.71 bits per heavy atom. The highest BCUT2D eigenvalue weighted by atomic mass is 79.9. The Morgan fingerprint density at radius 1 is 1.14 bits per heavy atom. The molecule has 0 fully saturated rings. The zero-order chi connectivity index (χ0) is 14.8. The molecule has 108 valence electrons. The van der Waals surface area contributed by atoms with Crippen molar-refractivity contribution in [2.75, 3.05) is 0 Å². The van der Waals surface area contributed by atoms with Gasteiger partial charge in [-0.1, -0.05) is 46.3 Å². The van der Waals surface area contributed by atoms with Gasteiger partial charge < -0.3 is 5.32 Å². The largest absolute Gasteiger partial charge is 0.305 e. The lowest BCUT2D eigenvalue weighted by Crippen LogP contribution is -2.17. The molecule has 0 spiro atoms. The smallest absolute Gasteiger partial charge is 0.0391 e. The van der Waals surface area contributed by atoms with Crippen molar-refractivity contribution in [2.24, 2.45) is 0 Å². The van der Waals surface area contributed by atoms with E-state index in [4.69, 9.17) is 0 Å². The minimum absolute atomic E-state index is 0.362. The number of fused-ring (bicyclic) bond motifs is 1.